The molecular weight excluding hydrogens is 328 g/mol. The summed E-state index contributed by atoms with van der Waals surface area (Å²) in [5.74, 6) is 1.62. The van der Waals surface area contributed by atoms with Crippen LogP contribution >= 0.6 is 0 Å². The molecule has 2 fully saturated rings. The largest absolute Gasteiger partial charge is 0.337 e. The third kappa shape index (κ3) is 3.51. The molecule has 1 aromatic carbocycles. The summed E-state index contributed by atoms with van der Waals surface area (Å²) < 4.78 is 5.55. The van der Waals surface area contributed by atoms with E-state index in [9.17, 15) is 4.79 Å². The van der Waals surface area contributed by atoms with E-state index >= 15 is 0 Å². The van der Waals surface area contributed by atoms with Gasteiger partial charge in [-0.25, -0.2) is 0 Å². The summed E-state index contributed by atoms with van der Waals surface area (Å²) in [6.45, 7) is 0.758. The second-order valence-electron chi connectivity index (χ2n) is 7.48. The van der Waals surface area contributed by atoms with Crippen molar-refractivity contribution in [1.82, 2.24) is 15.0 Å². The first-order valence-corrected chi connectivity index (χ1v) is 9.66. The fourth-order valence-corrected chi connectivity index (χ4v) is 4.22. The smallest absolute Gasteiger partial charge is 0.249 e. The fourth-order valence-electron chi connectivity index (χ4n) is 4.22. The Bertz CT molecular complexity index is 745. The second kappa shape index (κ2) is 7.58. The summed E-state index contributed by atoms with van der Waals surface area (Å²) in [5.41, 5.74) is 7.08. The Kier molecular flexibility index (Phi) is 5.02. The number of benzene rings is 1. The number of hydrogen-bond acceptors (Lipinski definition) is 5. The number of likely N-dealkylation sites (tertiary alicyclic amines) is 1. The maximum absolute atomic E-state index is 12.9. The lowest BCUT2D eigenvalue weighted by Gasteiger charge is -2.34. The topological polar surface area (TPSA) is 85.3 Å². The van der Waals surface area contributed by atoms with Gasteiger partial charge in [-0.3, -0.25) is 4.79 Å². The molecule has 2 aliphatic rings. The fraction of sp³-hybridized carbons (Fsp3) is 0.550. The molecule has 1 aliphatic carbocycles. The van der Waals surface area contributed by atoms with Crippen molar-refractivity contribution in [2.24, 2.45) is 11.7 Å². The van der Waals surface area contributed by atoms with Gasteiger partial charge in [-0.05, 0) is 38.0 Å². The Morgan fingerprint density at radius 2 is 2.00 bits per heavy atom. The highest BCUT2D eigenvalue weighted by atomic mass is 16.5. The lowest BCUT2D eigenvalue weighted by atomic mass is 9.96. The van der Waals surface area contributed by atoms with E-state index in [1.165, 1.54) is 0 Å². The summed E-state index contributed by atoms with van der Waals surface area (Å²) in [6.07, 6.45) is 6.73. The van der Waals surface area contributed by atoms with Gasteiger partial charge in [0.05, 0.1) is 0 Å². The van der Waals surface area contributed by atoms with Crippen LogP contribution in [-0.4, -0.2) is 33.5 Å². The molecule has 2 N–H and O–H groups in total. The van der Waals surface area contributed by atoms with Crippen molar-refractivity contribution >= 4 is 5.91 Å². The lowest BCUT2D eigenvalue weighted by molar-refractivity contribution is -0.136. The number of carbonyl (C=O) groups excluding carboxylic acids is 1. The molecule has 1 amide bonds. The highest BCUT2D eigenvalue weighted by molar-refractivity contribution is 5.77. The molecule has 0 bridgehead atoms. The van der Waals surface area contributed by atoms with Crippen LogP contribution < -0.4 is 5.73 Å². The highest BCUT2D eigenvalue weighted by Crippen LogP contribution is 2.34. The van der Waals surface area contributed by atoms with Crippen molar-refractivity contribution in [2.45, 2.75) is 57.0 Å². The minimum absolute atomic E-state index is 0.112. The first-order chi connectivity index (χ1) is 12.7. The quantitative estimate of drug-likeness (QED) is 0.910. The van der Waals surface area contributed by atoms with Crippen LogP contribution in [-0.2, 0) is 4.79 Å². The molecule has 2 aromatic rings. The first-order valence-electron chi connectivity index (χ1n) is 9.66. The monoisotopic (exact) mass is 354 g/mol. The van der Waals surface area contributed by atoms with Gasteiger partial charge in [0, 0.05) is 24.6 Å². The molecule has 0 spiro atoms. The van der Waals surface area contributed by atoms with Crippen LogP contribution in [0.15, 0.2) is 34.9 Å². The van der Waals surface area contributed by atoms with Gasteiger partial charge in [0.2, 0.25) is 17.6 Å². The number of carbonyl (C=O) groups is 1. The average Bonchev–Trinajstić information content (AvgIpc) is 3.32. The van der Waals surface area contributed by atoms with Gasteiger partial charge in [-0.2, -0.15) is 4.98 Å². The summed E-state index contributed by atoms with van der Waals surface area (Å²) in [7, 11) is 0. The van der Waals surface area contributed by atoms with E-state index < -0.39 is 0 Å². The maximum atomic E-state index is 12.9. The zero-order valence-electron chi connectivity index (χ0n) is 15.0. The van der Waals surface area contributed by atoms with E-state index in [1.807, 2.05) is 35.2 Å². The average molecular weight is 354 g/mol. The van der Waals surface area contributed by atoms with Gasteiger partial charge >= 0.3 is 0 Å². The molecule has 1 saturated carbocycles. The third-order valence-corrected chi connectivity index (χ3v) is 5.74. The number of piperidine rings is 1. The SMILES string of the molecule is N[C@@H]1CCC[C@H]1CC(=O)N1CCCCC1c1nc(-c2ccccc2)no1. The van der Waals surface area contributed by atoms with E-state index in [-0.39, 0.29) is 18.0 Å². The summed E-state index contributed by atoms with van der Waals surface area (Å²) >= 11 is 0. The van der Waals surface area contributed by atoms with E-state index in [2.05, 4.69) is 10.1 Å². The molecular formula is C20H26N4O2. The Balaban J connectivity index is 1.50. The number of hydrogen-bond donors (Lipinski definition) is 1. The number of rotatable bonds is 4. The molecule has 4 rings (SSSR count). The molecule has 3 atom stereocenters. The van der Waals surface area contributed by atoms with Gasteiger partial charge in [0.1, 0.15) is 6.04 Å². The van der Waals surface area contributed by atoms with E-state index in [1.54, 1.807) is 0 Å². The van der Waals surface area contributed by atoms with Crippen molar-refractivity contribution < 1.29 is 9.32 Å². The van der Waals surface area contributed by atoms with Crippen LogP contribution in [0.1, 0.15) is 56.9 Å². The van der Waals surface area contributed by atoms with Crippen molar-refractivity contribution in [2.75, 3.05) is 6.54 Å². The molecule has 2 heterocycles. The maximum Gasteiger partial charge on any atom is 0.249 e. The van der Waals surface area contributed by atoms with E-state index in [0.717, 1.165) is 50.6 Å². The Morgan fingerprint density at radius 1 is 1.15 bits per heavy atom. The molecule has 1 unspecified atom stereocenters. The minimum Gasteiger partial charge on any atom is -0.337 e. The molecule has 1 saturated heterocycles. The van der Waals surface area contributed by atoms with Gasteiger partial charge in [-0.15, -0.1) is 0 Å². The summed E-state index contributed by atoms with van der Waals surface area (Å²) in [4.78, 5) is 19.5. The predicted octanol–water partition coefficient (Wildman–Crippen LogP) is 3.31. The van der Waals surface area contributed by atoms with Crippen molar-refractivity contribution in [3.8, 4) is 11.4 Å². The molecule has 138 valence electrons. The van der Waals surface area contributed by atoms with Gasteiger partial charge < -0.3 is 15.2 Å². The van der Waals surface area contributed by atoms with Crippen molar-refractivity contribution in [3.05, 3.63) is 36.2 Å². The van der Waals surface area contributed by atoms with Crippen LogP contribution in [0.5, 0.6) is 0 Å². The van der Waals surface area contributed by atoms with Crippen LogP contribution in [0, 0.1) is 5.92 Å². The standard InChI is InChI=1S/C20H26N4O2/c21-16-10-6-9-15(16)13-18(25)24-12-5-4-11-17(24)20-22-19(23-26-20)14-7-2-1-3-8-14/h1-3,7-8,15-17H,4-6,9-13,21H2/t15-,16+,17?/m0/s1. The molecule has 26 heavy (non-hydrogen) atoms. The van der Waals surface area contributed by atoms with Gasteiger partial charge in [0.15, 0.2) is 0 Å². The summed E-state index contributed by atoms with van der Waals surface area (Å²) in [6, 6.07) is 9.83. The molecule has 1 aliphatic heterocycles. The number of nitrogens with zero attached hydrogens (tertiary/aromatic N) is 3. The molecule has 1 aromatic heterocycles. The van der Waals surface area contributed by atoms with Gasteiger partial charge in [-0.1, -0.05) is 41.9 Å². The second-order valence-corrected chi connectivity index (χ2v) is 7.48. The van der Waals surface area contributed by atoms with Gasteiger partial charge in [0.25, 0.3) is 0 Å². The zero-order chi connectivity index (χ0) is 17.9. The Hall–Kier alpha value is -2.21. The molecule has 6 nitrogen and oxygen atoms in total. The van der Waals surface area contributed by atoms with E-state index in [4.69, 9.17) is 10.3 Å². The number of amides is 1. The molecule has 6 heteroatoms. The first kappa shape index (κ1) is 17.2. The zero-order valence-corrected chi connectivity index (χ0v) is 15.0. The normalized spacial score (nSPS) is 26.2. The minimum atomic E-state index is -0.112. The lowest BCUT2D eigenvalue weighted by Crippen LogP contribution is -2.40. The highest BCUT2D eigenvalue weighted by Gasteiger charge is 2.35. The van der Waals surface area contributed by atoms with Crippen molar-refractivity contribution in [1.29, 1.82) is 0 Å². The van der Waals surface area contributed by atoms with Crippen LogP contribution in [0.25, 0.3) is 11.4 Å². The number of aromatic nitrogens is 2. The van der Waals surface area contributed by atoms with E-state index in [0.29, 0.717) is 24.1 Å². The Labute approximate surface area is 153 Å². The summed E-state index contributed by atoms with van der Waals surface area (Å²) in [5, 5.41) is 4.13. The number of nitrogens with two attached hydrogens (primary N) is 1. The Morgan fingerprint density at radius 3 is 2.77 bits per heavy atom. The predicted molar refractivity (Wildman–Crippen MR) is 98.0 cm³/mol. The third-order valence-electron chi connectivity index (χ3n) is 5.74. The molecule has 0 radical (unpaired) electrons. The van der Waals surface area contributed by atoms with Crippen LogP contribution in [0.3, 0.4) is 0 Å². The van der Waals surface area contributed by atoms with Crippen LogP contribution in [0.2, 0.25) is 0 Å². The van der Waals surface area contributed by atoms with Crippen molar-refractivity contribution in [3.63, 3.8) is 0 Å². The van der Waals surface area contributed by atoms with Crippen LogP contribution in [0.4, 0.5) is 0 Å².